The minimum atomic E-state index is 0.697. The first-order chi connectivity index (χ1) is 15.7. The first-order valence-electron chi connectivity index (χ1n) is 10.6. The maximum atomic E-state index is 5.61. The van der Waals surface area contributed by atoms with Crippen molar-refractivity contribution in [3.05, 3.63) is 95.8 Å². The van der Waals surface area contributed by atoms with E-state index in [0.717, 1.165) is 50.6 Å². The van der Waals surface area contributed by atoms with E-state index in [-0.39, 0.29) is 0 Å². The summed E-state index contributed by atoms with van der Waals surface area (Å²) in [6.07, 6.45) is 2.74. The van der Waals surface area contributed by atoms with Crippen molar-refractivity contribution in [3.63, 3.8) is 0 Å². The van der Waals surface area contributed by atoms with Gasteiger partial charge < -0.3 is 9.47 Å². The quantitative estimate of drug-likeness (QED) is 0.332. The SMILES string of the molecule is COc1cc2c(Cc3ccc4nc(C)ccc4c3)cnc(-c3ccccc3)c2cc1OC. The lowest BCUT2D eigenvalue weighted by Crippen LogP contribution is -1.98. The monoisotopic (exact) mass is 420 g/mol. The topological polar surface area (TPSA) is 44.2 Å². The molecule has 0 saturated heterocycles. The Morgan fingerprint density at radius 1 is 0.781 bits per heavy atom. The van der Waals surface area contributed by atoms with E-state index < -0.39 is 0 Å². The molecule has 0 aliphatic carbocycles. The second kappa shape index (κ2) is 8.31. The third kappa shape index (κ3) is 3.65. The average Bonchev–Trinajstić information content (AvgIpc) is 2.84. The highest BCUT2D eigenvalue weighted by Gasteiger charge is 2.15. The van der Waals surface area contributed by atoms with Crippen LogP contribution in [0.15, 0.2) is 79.0 Å². The number of benzene rings is 3. The van der Waals surface area contributed by atoms with E-state index >= 15 is 0 Å². The fourth-order valence-corrected chi connectivity index (χ4v) is 4.20. The summed E-state index contributed by atoms with van der Waals surface area (Å²) in [6.45, 7) is 2.01. The molecule has 0 bridgehead atoms. The number of hydrogen-bond acceptors (Lipinski definition) is 4. The first-order valence-corrected chi connectivity index (χ1v) is 10.6. The Kier molecular flexibility index (Phi) is 5.20. The van der Waals surface area contributed by atoms with Gasteiger partial charge in [-0.15, -0.1) is 0 Å². The van der Waals surface area contributed by atoms with Crippen LogP contribution in [-0.4, -0.2) is 24.2 Å². The van der Waals surface area contributed by atoms with Crippen molar-refractivity contribution in [2.24, 2.45) is 0 Å². The molecule has 0 atom stereocenters. The van der Waals surface area contributed by atoms with Gasteiger partial charge in [0, 0.05) is 28.2 Å². The van der Waals surface area contributed by atoms with E-state index in [1.54, 1.807) is 14.2 Å². The van der Waals surface area contributed by atoms with Crippen molar-refractivity contribution >= 4 is 21.7 Å². The molecule has 2 heterocycles. The number of hydrogen-bond donors (Lipinski definition) is 0. The number of aromatic nitrogens is 2. The zero-order valence-corrected chi connectivity index (χ0v) is 18.4. The second-order valence-corrected chi connectivity index (χ2v) is 7.91. The predicted molar refractivity (Wildman–Crippen MR) is 130 cm³/mol. The Bertz CT molecular complexity index is 1430. The maximum Gasteiger partial charge on any atom is 0.161 e. The summed E-state index contributed by atoms with van der Waals surface area (Å²) in [6, 6.07) is 24.9. The van der Waals surface area contributed by atoms with Crippen LogP contribution in [0.1, 0.15) is 16.8 Å². The van der Waals surface area contributed by atoms with Crippen molar-refractivity contribution in [2.75, 3.05) is 14.2 Å². The Hall–Kier alpha value is -3.92. The zero-order chi connectivity index (χ0) is 22.1. The minimum absolute atomic E-state index is 0.697. The van der Waals surface area contributed by atoms with Gasteiger partial charge in [0.15, 0.2) is 11.5 Å². The van der Waals surface area contributed by atoms with E-state index in [4.69, 9.17) is 14.5 Å². The molecule has 5 rings (SSSR count). The molecule has 4 nitrogen and oxygen atoms in total. The number of ether oxygens (including phenoxy) is 2. The van der Waals surface area contributed by atoms with Gasteiger partial charge in [-0.1, -0.05) is 42.5 Å². The Labute approximate surface area is 187 Å². The van der Waals surface area contributed by atoms with Crippen molar-refractivity contribution in [1.29, 1.82) is 0 Å². The van der Waals surface area contributed by atoms with Gasteiger partial charge in [-0.3, -0.25) is 9.97 Å². The van der Waals surface area contributed by atoms with E-state index in [2.05, 4.69) is 53.5 Å². The van der Waals surface area contributed by atoms with Crippen LogP contribution in [0.3, 0.4) is 0 Å². The molecule has 0 saturated carbocycles. The first kappa shape index (κ1) is 20.0. The molecular weight excluding hydrogens is 396 g/mol. The van der Waals surface area contributed by atoms with Crippen LogP contribution in [0, 0.1) is 6.92 Å². The highest BCUT2D eigenvalue weighted by Crippen LogP contribution is 2.38. The molecular formula is C28H24N2O2. The number of fused-ring (bicyclic) bond motifs is 2. The van der Waals surface area contributed by atoms with E-state index in [1.807, 2.05) is 37.4 Å². The lowest BCUT2D eigenvalue weighted by Gasteiger charge is -2.15. The summed E-state index contributed by atoms with van der Waals surface area (Å²) >= 11 is 0. The highest BCUT2D eigenvalue weighted by atomic mass is 16.5. The maximum absolute atomic E-state index is 5.61. The number of nitrogens with zero attached hydrogens (tertiary/aromatic N) is 2. The summed E-state index contributed by atoms with van der Waals surface area (Å²) < 4.78 is 11.2. The van der Waals surface area contributed by atoms with Crippen LogP contribution in [0.2, 0.25) is 0 Å². The molecule has 2 aromatic heterocycles. The summed E-state index contributed by atoms with van der Waals surface area (Å²) in [7, 11) is 3.33. The largest absolute Gasteiger partial charge is 0.493 e. The summed E-state index contributed by atoms with van der Waals surface area (Å²) in [4.78, 5) is 9.49. The second-order valence-electron chi connectivity index (χ2n) is 7.91. The molecule has 0 radical (unpaired) electrons. The predicted octanol–water partition coefficient (Wildman–Crippen LogP) is 6.37. The Balaban J connectivity index is 1.67. The number of aryl methyl sites for hydroxylation is 1. The molecule has 32 heavy (non-hydrogen) atoms. The third-order valence-corrected chi connectivity index (χ3v) is 5.81. The molecule has 3 aromatic carbocycles. The molecule has 0 aliphatic rings. The number of pyridine rings is 2. The molecule has 158 valence electrons. The van der Waals surface area contributed by atoms with E-state index in [0.29, 0.717) is 11.5 Å². The lowest BCUT2D eigenvalue weighted by atomic mass is 9.96. The van der Waals surface area contributed by atoms with Crippen LogP contribution < -0.4 is 9.47 Å². The van der Waals surface area contributed by atoms with Gasteiger partial charge in [0.1, 0.15) is 0 Å². The smallest absolute Gasteiger partial charge is 0.161 e. The van der Waals surface area contributed by atoms with Gasteiger partial charge in [0.25, 0.3) is 0 Å². The number of rotatable bonds is 5. The molecule has 5 aromatic rings. The molecule has 0 amide bonds. The van der Waals surface area contributed by atoms with Gasteiger partial charge in [0.2, 0.25) is 0 Å². The standard InChI is InChI=1S/C28H24N2O2/c1-18-9-11-21-13-19(10-12-25(21)30-18)14-22-17-29-28(20-7-5-4-6-8-20)24-16-27(32-3)26(31-2)15-23(22)24/h4-13,15-17H,14H2,1-3H3. The van der Waals surface area contributed by atoms with Crippen molar-refractivity contribution in [1.82, 2.24) is 9.97 Å². The molecule has 0 N–H and O–H groups in total. The fourth-order valence-electron chi connectivity index (χ4n) is 4.20. The van der Waals surface area contributed by atoms with Gasteiger partial charge in [-0.25, -0.2) is 0 Å². The van der Waals surface area contributed by atoms with Crippen LogP contribution in [0.5, 0.6) is 11.5 Å². The van der Waals surface area contributed by atoms with Gasteiger partial charge >= 0.3 is 0 Å². The van der Waals surface area contributed by atoms with Crippen LogP contribution in [-0.2, 0) is 6.42 Å². The molecule has 4 heteroatoms. The molecule has 0 fully saturated rings. The van der Waals surface area contributed by atoms with Gasteiger partial charge in [-0.2, -0.15) is 0 Å². The van der Waals surface area contributed by atoms with E-state index in [9.17, 15) is 0 Å². The fraction of sp³-hybridized carbons (Fsp3) is 0.143. The Morgan fingerprint density at radius 3 is 2.28 bits per heavy atom. The van der Waals surface area contributed by atoms with Crippen LogP contribution in [0.4, 0.5) is 0 Å². The lowest BCUT2D eigenvalue weighted by molar-refractivity contribution is 0.356. The molecule has 0 spiro atoms. The molecule has 0 unspecified atom stereocenters. The summed E-state index contributed by atoms with van der Waals surface area (Å²) in [5.74, 6) is 1.41. The Morgan fingerprint density at radius 2 is 1.53 bits per heavy atom. The van der Waals surface area contributed by atoms with Crippen LogP contribution in [0.25, 0.3) is 32.9 Å². The zero-order valence-electron chi connectivity index (χ0n) is 18.4. The normalized spacial score (nSPS) is 11.1. The molecule has 0 aliphatic heterocycles. The van der Waals surface area contributed by atoms with Crippen molar-refractivity contribution in [3.8, 4) is 22.8 Å². The van der Waals surface area contributed by atoms with Crippen LogP contribution >= 0.6 is 0 Å². The summed E-state index contributed by atoms with van der Waals surface area (Å²) in [5, 5.41) is 3.30. The highest BCUT2D eigenvalue weighted by molar-refractivity contribution is 5.98. The van der Waals surface area contributed by atoms with E-state index in [1.165, 1.54) is 5.56 Å². The van der Waals surface area contributed by atoms with Gasteiger partial charge in [-0.05, 0) is 60.2 Å². The average molecular weight is 421 g/mol. The minimum Gasteiger partial charge on any atom is -0.493 e. The third-order valence-electron chi connectivity index (χ3n) is 5.81. The van der Waals surface area contributed by atoms with Crippen molar-refractivity contribution < 1.29 is 9.47 Å². The number of methoxy groups -OCH3 is 2. The van der Waals surface area contributed by atoms with Gasteiger partial charge in [0.05, 0.1) is 25.4 Å². The van der Waals surface area contributed by atoms with Crippen molar-refractivity contribution in [2.45, 2.75) is 13.3 Å². The summed E-state index contributed by atoms with van der Waals surface area (Å²) in [5.41, 5.74) is 6.40.